The van der Waals surface area contributed by atoms with E-state index in [-0.39, 0.29) is 23.8 Å². The highest BCUT2D eigenvalue weighted by atomic mass is 35.5. The van der Waals surface area contributed by atoms with Crippen molar-refractivity contribution in [3.63, 3.8) is 0 Å². The van der Waals surface area contributed by atoms with Crippen molar-refractivity contribution in [3.05, 3.63) is 29.3 Å². The topological polar surface area (TPSA) is 69.6 Å². The maximum absolute atomic E-state index is 12.5. The van der Waals surface area contributed by atoms with Crippen LogP contribution in [0, 0.1) is 5.92 Å². The second kappa shape index (κ2) is 6.89. The summed E-state index contributed by atoms with van der Waals surface area (Å²) < 4.78 is 0. The van der Waals surface area contributed by atoms with Gasteiger partial charge in [-0.3, -0.25) is 9.59 Å². The molecule has 6 heteroatoms. The standard InChI is InChI=1S/C17H21ClN2O3/c18-12-3-5-13(6-4-12)20-10-9-15(17(20)23)19-16(22)11-1-7-14(21)8-2-11/h3-6,11,14-15,21H,1-2,7-10H2,(H,19,22). The third-order valence-corrected chi connectivity index (χ3v) is 4.98. The third kappa shape index (κ3) is 3.67. The van der Waals surface area contributed by atoms with Crippen LogP contribution >= 0.6 is 11.6 Å². The molecule has 2 aliphatic rings. The zero-order valence-electron chi connectivity index (χ0n) is 12.9. The Kier molecular flexibility index (Phi) is 4.87. The van der Waals surface area contributed by atoms with Crippen molar-refractivity contribution in [3.8, 4) is 0 Å². The number of anilines is 1. The Labute approximate surface area is 140 Å². The number of benzene rings is 1. The summed E-state index contributed by atoms with van der Waals surface area (Å²) in [6.07, 6.45) is 3.03. The third-order valence-electron chi connectivity index (χ3n) is 4.73. The molecular weight excluding hydrogens is 316 g/mol. The van der Waals surface area contributed by atoms with E-state index in [1.54, 1.807) is 17.0 Å². The smallest absolute Gasteiger partial charge is 0.249 e. The molecule has 1 atom stereocenters. The Morgan fingerprint density at radius 1 is 1.13 bits per heavy atom. The Morgan fingerprint density at radius 3 is 2.43 bits per heavy atom. The van der Waals surface area contributed by atoms with Crippen molar-refractivity contribution in [1.82, 2.24) is 5.32 Å². The van der Waals surface area contributed by atoms with E-state index in [0.717, 1.165) is 5.69 Å². The zero-order chi connectivity index (χ0) is 16.4. The molecule has 1 aliphatic heterocycles. The Morgan fingerprint density at radius 2 is 1.78 bits per heavy atom. The molecule has 1 aromatic rings. The first-order chi connectivity index (χ1) is 11.0. The van der Waals surface area contributed by atoms with Crippen LogP contribution in [0.1, 0.15) is 32.1 Å². The van der Waals surface area contributed by atoms with Crippen LogP contribution in [0.5, 0.6) is 0 Å². The summed E-state index contributed by atoms with van der Waals surface area (Å²) in [5.74, 6) is -0.222. The second-order valence-corrected chi connectivity index (χ2v) is 6.76. The summed E-state index contributed by atoms with van der Waals surface area (Å²) in [7, 11) is 0. The molecule has 1 saturated heterocycles. The Bertz CT molecular complexity index is 582. The number of carbonyl (C=O) groups is 2. The van der Waals surface area contributed by atoms with Crippen LogP contribution in [0.3, 0.4) is 0 Å². The van der Waals surface area contributed by atoms with Gasteiger partial charge in [0.1, 0.15) is 6.04 Å². The normalized spacial score (nSPS) is 28.0. The summed E-state index contributed by atoms with van der Waals surface area (Å²) in [6.45, 7) is 0.592. The van der Waals surface area contributed by atoms with E-state index in [0.29, 0.717) is 43.7 Å². The van der Waals surface area contributed by atoms with E-state index in [1.807, 2.05) is 12.1 Å². The Hall–Kier alpha value is -1.59. The SMILES string of the molecule is O=C(NC1CCN(c2ccc(Cl)cc2)C1=O)C1CCC(O)CC1. The van der Waals surface area contributed by atoms with E-state index >= 15 is 0 Å². The number of nitrogens with zero attached hydrogens (tertiary/aromatic N) is 1. The average molecular weight is 337 g/mol. The molecule has 1 aromatic carbocycles. The van der Waals surface area contributed by atoms with Gasteiger partial charge in [-0.05, 0) is 56.4 Å². The molecule has 2 N–H and O–H groups in total. The van der Waals surface area contributed by atoms with Crippen LogP contribution in [0.15, 0.2) is 24.3 Å². The maximum Gasteiger partial charge on any atom is 0.249 e. The molecule has 0 radical (unpaired) electrons. The average Bonchev–Trinajstić information content (AvgIpc) is 2.90. The van der Waals surface area contributed by atoms with Crippen molar-refractivity contribution in [1.29, 1.82) is 0 Å². The summed E-state index contributed by atoms with van der Waals surface area (Å²) in [4.78, 5) is 26.5. The largest absolute Gasteiger partial charge is 0.393 e. The van der Waals surface area contributed by atoms with Gasteiger partial charge < -0.3 is 15.3 Å². The highest BCUT2D eigenvalue weighted by Crippen LogP contribution is 2.26. The fourth-order valence-corrected chi connectivity index (χ4v) is 3.44. The number of nitrogens with one attached hydrogen (secondary N) is 1. The highest BCUT2D eigenvalue weighted by molar-refractivity contribution is 6.30. The fraction of sp³-hybridized carbons (Fsp3) is 0.529. The predicted molar refractivity (Wildman–Crippen MR) is 88.3 cm³/mol. The lowest BCUT2D eigenvalue weighted by atomic mass is 9.87. The van der Waals surface area contributed by atoms with Crippen LogP contribution in [-0.2, 0) is 9.59 Å². The van der Waals surface area contributed by atoms with E-state index in [2.05, 4.69) is 5.32 Å². The summed E-state index contributed by atoms with van der Waals surface area (Å²) in [5.41, 5.74) is 0.803. The lowest BCUT2D eigenvalue weighted by Gasteiger charge is -2.25. The monoisotopic (exact) mass is 336 g/mol. The van der Waals surface area contributed by atoms with E-state index < -0.39 is 6.04 Å². The molecule has 5 nitrogen and oxygen atoms in total. The number of hydrogen-bond acceptors (Lipinski definition) is 3. The van der Waals surface area contributed by atoms with Crippen molar-refractivity contribution >= 4 is 29.1 Å². The van der Waals surface area contributed by atoms with Crippen LogP contribution in [0.4, 0.5) is 5.69 Å². The van der Waals surface area contributed by atoms with Gasteiger partial charge in [-0.15, -0.1) is 0 Å². The number of carbonyl (C=O) groups excluding carboxylic acids is 2. The van der Waals surface area contributed by atoms with Gasteiger partial charge in [-0.2, -0.15) is 0 Å². The van der Waals surface area contributed by atoms with Gasteiger partial charge in [-0.25, -0.2) is 0 Å². The number of rotatable bonds is 3. The fourth-order valence-electron chi connectivity index (χ4n) is 3.32. The molecule has 0 bridgehead atoms. The van der Waals surface area contributed by atoms with Crippen molar-refractivity contribution in [2.45, 2.75) is 44.2 Å². The number of aliphatic hydroxyl groups is 1. The molecular formula is C17H21ClN2O3. The molecule has 23 heavy (non-hydrogen) atoms. The van der Waals surface area contributed by atoms with Gasteiger partial charge in [0.2, 0.25) is 11.8 Å². The number of halogens is 1. The van der Waals surface area contributed by atoms with E-state index in [1.165, 1.54) is 0 Å². The summed E-state index contributed by atoms with van der Waals surface area (Å²) in [5, 5.41) is 13.0. The molecule has 0 aromatic heterocycles. The van der Waals surface area contributed by atoms with Crippen molar-refractivity contribution in [2.75, 3.05) is 11.4 Å². The molecule has 2 amide bonds. The number of amides is 2. The minimum atomic E-state index is -0.454. The lowest BCUT2D eigenvalue weighted by molar-refractivity contribution is -0.130. The van der Waals surface area contributed by atoms with Gasteiger partial charge in [0.15, 0.2) is 0 Å². The van der Waals surface area contributed by atoms with Gasteiger partial charge in [0.25, 0.3) is 0 Å². The molecule has 2 fully saturated rings. The number of aliphatic hydroxyl groups excluding tert-OH is 1. The summed E-state index contributed by atoms with van der Waals surface area (Å²) >= 11 is 5.87. The van der Waals surface area contributed by atoms with Gasteiger partial charge in [0, 0.05) is 23.2 Å². The zero-order valence-corrected chi connectivity index (χ0v) is 13.6. The van der Waals surface area contributed by atoms with Crippen LogP contribution in [0.25, 0.3) is 0 Å². The van der Waals surface area contributed by atoms with Gasteiger partial charge in [-0.1, -0.05) is 11.6 Å². The predicted octanol–water partition coefficient (Wildman–Crippen LogP) is 2.11. The first kappa shape index (κ1) is 16.3. The molecule has 3 rings (SSSR count). The molecule has 1 unspecified atom stereocenters. The van der Waals surface area contributed by atoms with E-state index in [9.17, 15) is 14.7 Å². The lowest BCUT2D eigenvalue weighted by Crippen LogP contribution is -2.44. The van der Waals surface area contributed by atoms with Crippen molar-refractivity contribution < 1.29 is 14.7 Å². The molecule has 0 spiro atoms. The maximum atomic E-state index is 12.5. The molecule has 1 aliphatic carbocycles. The first-order valence-corrected chi connectivity index (χ1v) is 8.48. The first-order valence-electron chi connectivity index (χ1n) is 8.10. The molecule has 124 valence electrons. The van der Waals surface area contributed by atoms with Gasteiger partial charge in [0.05, 0.1) is 6.10 Å². The highest BCUT2D eigenvalue weighted by Gasteiger charge is 2.35. The molecule has 1 saturated carbocycles. The van der Waals surface area contributed by atoms with Crippen LogP contribution in [0.2, 0.25) is 5.02 Å². The quantitative estimate of drug-likeness (QED) is 0.888. The van der Waals surface area contributed by atoms with Gasteiger partial charge >= 0.3 is 0 Å². The molecule has 1 heterocycles. The summed E-state index contributed by atoms with van der Waals surface area (Å²) in [6, 6.07) is 6.68. The van der Waals surface area contributed by atoms with E-state index in [4.69, 9.17) is 11.6 Å². The minimum Gasteiger partial charge on any atom is -0.393 e. The van der Waals surface area contributed by atoms with Crippen LogP contribution in [-0.4, -0.2) is 35.6 Å². The minimum absolute atomic E-state index is 0.0618. The van der Waals surface area contributed by atoms with Crippen LogP contribution < -0.4 is 10.2 Å². The van der Waals surface area contributed by atoms with Crippen molar-refractivity contribution in [2.24, 2.45) is 5.92 Å². The Balaban J connectivity index is 1.58. The second-order valence-electron chi connectivity index (χ2n) is 6.32. The number of hydrogen-bond donors (Lipinski definition) is 2.